The van der Waals surface area contributed by atoms with Crippen molar-refractivity contribution in [2.75, 3.05) is 20.3 Å². The Balaban J connectivity index is 2.16. The molecule has 0 aromatic heterocycles. The molecule has 1 atom stereocenters. The topological polar surface area (TPSA) is 65.0 Å². The third kappa shape index (κ3) is 3.39. The van der Waals surface area contributed by atoms with Crippen molar-refractivity contribution in [3.63, 3.8) is 0 Å². The predicted octanol–water partition coefficient (Wildman–Crippen LogP) is 2.71. The van der Waals surface area contributed by atoms with Crippen molar-refractivity contribution < 1.29 is 24.1 Å². The Morgan fingerprint density at radius 2 is 2.37 bits per heavy atom. The van der Waals surface area contributed by atoms with Gasteiger partial charge in [-0.2, -0.15) is 0 Å². The number of carboxylic acids is 1. The molecule has 19 heavy (non-hydrogen) atoms. The summed E-state index contributed by atoms with van der Waals surface area (Å²) in [4.78, 5) is 11.0. The molecule has 0 saturated carbocycles. The zero-order valence-corrected chi connectivity index (χ0v) is 12.1. The first-order chi connectivity index (χ1) is 9.11. The van der Waals surface area contributed by atoms with Crippen molar-refractivity contribution >= 4 is 21.9 Å². The molecule has 1 heterocycles. The smallest absolute Gasteiger partial charge is 0.335 e. The van der Waals surface area contributed by atoms with Gasteiger partial charge >= 0.3 is 5.97 Å². The lowest BCUT2D eigenvalue weighted by Crippen LogP contribution is -2.17. The summed E-state index contributed by atoms with van der Waals surface area (Å²) >= 11 is 3.31. The minimum absolute atomic E-state index is 0.0933. The van der Waals surface area contributed by atoms with E-state index in [9.17, 15) is 4.79 Å². The molecule has 1 aromatic rings. The molecule has 0 spiro atoms. The number of aromatic carboxylic acids is 1. The highest BCUT2D eigenvalue weighted by Gasteiger charge is 2.19. The second-order valence-corrected chi connectivity index (χ2v) is 5.09. The molecule has 1 aliphatic heterocycles. The Labute approximate surface area is 119 Å². The van der Waals surface area contributed by atoms with Gasteiger partial charge in [0.15, 0.2) is 11.5 Å². The van der Waals surface area contributed by atoms with Crippen molar-refractivity contribution in [2.24, 2.45) is 0 Å². The van der Waals surface area contributed by atoms with Crippen molar-refractivity contribution in [3.8, 4) is 11.5 Å². The van der Waals surface area contributed by atoms with E-state index in [1.165, 1.54) is 19.2 Å². The van der Waals surface area contributed by atoms with Gasteiger partial charge in [0, 0.05) is 6.61 Å². The van der Waals surface area contributed by atoms with E-state index in [-0.39, 0.29) is 11.7 Å². The average Bonchev–Trinajstić information content (AvgIpc) is 2.89. The van der Waals surface area contributed by atoms with Crippen LogP contribution in [0.5, 0.6) is 11.5 Å². The lowest BCUT2D eigenvalue weighted by atomic mass is 10.2. The molecular weight excluding hydrogens is 316 g/mol. The summed E-state index contributed by atoms with van der Waals surface area (Å²) in [7, 11) is 1.48. The minimum atomic E-state index is -1.01. The van der Waals surface area contributed by atoms with Gasteiger partial charge in [-0.3, -0.25) is 0 Å². The number of methoxy groups -OCH3 is 1. The first-order valence-electron chi connectivity index (χ1n) is 5.97. The highest BCUT2D eigenvalue weighted by atomic mass is 79.9. The van der Waals surface area contributed by atoms with Crippen LogP contribution < -0.4 is 9.47 Å². The molecule has 0 bridgehead atoms. The SMILES string of the molecule is COc1cc(C(=O)O)cc(Br)c1OCC1CCCO1. The summed E-state index contributed by atoms with van der Waals surface area (Å²) in [5, 5.41) is 8.99. The second kappa shape index (κ2) is 6.25. The third-order valence-electron chi connectivity index (χ3n) is 2.91. The summed E-state index contributed by atoms with van der Waals surface area (Å²) in [5.74, 6) is -0.113. The quantitative estimate of drug-likeness (QED) is 0.899. The summed E-state index contributed by atoms with van der Waals surface area (Å²) in [5.41, 5.74) is 0.146. The van der Waals surface area contributed by atoms with Crippen molar-refractivity contribution in [2.45, 2.75) is 18.9 Å². The van der Waals surface area contributed by atoms with E-state index in [1.54, 1.807) is 0 Å². The molecule has 1 unspecified atom stereocenters. The molecule has 1 aliphatic rings. The molecule has 1 aromatic carbocycles. The Kier molecular flexibility index (Phi) is 4.66. The molecule has 0 radical (unpaired) electrons. The zero-order chi connectivity index (χ0) is 13.8. The standard InChI is InChI=1S/C13H15BrO5/c1-17-11-6-8(13(15)16)5-10(14)12(11)19-7-9-3-2-4-18-9/h5-6,9H,2-4,7H2,1H3,(H,15,16). The number of benzene rings is 1. The maximum Gasteiger partial charge on any atom is 0.335 e. The summed E-state index contributed by atoms with van der Waals surface area (Å²) in [6, 6.07) is 2.94. The van der Waals surface area contributed by atoms with Gasteiger partial charge < -0.3 is 19.3 Å². The van der Waals surface area contributed by atoms with E-state index in [4.69, 9.17) is 19.3 Å². The fraction of sp³-hybridized carbons (Fsp3) is 0.462. The number of carbonyl (C=O) groups is 1. The van der Waals surface area contributed by atoms with E-state index in [0.29, 0.717) is 22.6 Å². The average molecular weight is 331 g/mol. The van der Waals surface area contributed by atoms with Crippen LogP contribution in [0.2, 0.25) is 0 Å². The van der Waals surface area contributed by atoms with Gasteiger partial charge in [0.05, 0.1) is 23.2 Å². The number of hydrogen-bond acceptors (Lipinski definition) is 4. The maximum absolute atomic E-state index is 11.0. The lowest BCUT2D eigenvalue weighted by Gasteiger charge is -2.16. The summed E-state index contributed by atoms with van der Waals surface area (Å²) in [6.45, 7) is 1.20. The van der Waals surface area contributed by atoms with E-state index < -0.39 is 5.97 Å². The molecule has 2 rings (SSSR count). The molecule has 1 N–H and O–H groups in total. The Bertz CT molecular complexity index is 468. The number of rotatable bonds is 5. The summed E-state index contributed by atoms with van der Waals surface area (Å²) < 4.78 is 16.9. The maximum atomic E-state index is 11.0. The molecule has 1 saturated heterocycles. The van der Waals surface area contributed by atoms with Crippen LogP contribution in [0.3, 0.4) is 0 Å². The zero-order valence-electron chi connectivity index (χ0n) is 10.5. The van der Waals surface area contributed by atoms with Crippen LogP contribution >= 0.6 is 15.9 Å². The molecule has 104 valence electrons. The van der Waals surface area contributed by atoms with Gasteiger partial charge in [0.2, 0.25) is 0 Å². The van der Waals surface area contributed by atoms with Crippen molar-refractivity contribution in [3.05, 3.63) is 22.2 Å². The van der Waals surface area contributed by atoms with E-state index in [2.05, 4.69) is 15.9 Å². The predicted molar refractivity (Wildman–Crippen MR) is 72.1 cm³/mol. The fourth-order valence-corrected chi connectivity index (χ4v) is 2.49. The largest absolute Gasteiger partial charge is 0.493 e. The third-order valence-corrected chi connectivity index (χ3v) is 3.50. The van der Waals surface area contributed by atoms with E-state index in [0.717, 1.165) is 19.4 Å². The van der Waals surface area contributed by atoms with Crippen molar-refractivity contribution in [1.29, 1.82) is 0 Å². The Hall–Kier alpha value is -1.27. The minimum Gasteiger partial charge on any atom is -0.493 e. The Morgan fingerprint density at radius 3 is 2.95 bits per heavy atom. The fourth-order valence-electron chi connectivity index (χ4n) is 1.94. The van der Waals surface area contributed by atoms with Crippen LogP contribution in [-0.2, 0) is 4.74 Å². The molecule has 5 nitrogen and oxygen atoms in total. The van der Waals surface area contributed by atoms with Crippen LogP contribution in [-0.4, -0.2) is 37.5 Å². The highest BCUT2D eigenvalue weighted by molar-refractivity contribution is 9.10. The van der Waals surface area contributed by atoms with Crippen LogP contribution in [0.4, 0.5) is 0 Å². The van der Waals surface area contributed by atoms with Gasteiger partial charge in [0.25, 0.3) is 0 Å². The second-order valence-electron chi connectivity index (χ2n) is 4.24. The number of hydrogen-bond donors (Lipinski definition) is 1. The molecule has 6 heteroatoms. The molecule has 0 aliphatic carbocycles. The summed E-state index contributed by atoms with van der Waals surface area (Å²) in [6.07, 6.45) is 2.12. The van der Waals surface area contributed by atoms with Crippen LogP contribution in [0.25, 0.3) is 0 Å². The van der Waals surface area contributed by atoms with Crippen LogP contribution in [0.15, 0.2) is 16.6 Å². The van der Waals surface area contributed by atoms with Crippen molar-refractivity contribution in [1.82, 2.24) is 0 Å². The van der Waals surface area contributed by atoms with E-state index in [1.807, 2.05) is 0 Å². The lowest BCUT2D eigenvalue weighted by molar-refractivity contribution is 0.0662. The van der Waals surface area contributed by atoms with Crippen LogP contribution in [0.1, 0.15) is 23.2 Å². The van der Waals surface area contributed by atoms with Gasteiger partial charge in [-0.05, 0) is 40.9 Å². The highest BCUT2D eigenvalue weighted by Crippen LogP contribution is 2.37. The molecular formula is C13H15BrO5. The van der Waals surface area contributed by atoms with Gasteiger partial charge in [-0.15, -0.1) is 0 Å². The van der Waals surface area contributed by atoms with E-state index >= 15 is 0 Å². The number of ether oxygens (including phenoxy) is 3. The van der Waals surface area contributed by atoms with Gasteiger partial charge in [-0.1, -0.05) is 0 Å². The van der Waals surface area contributed by atoms with Gasteiger partial charge in [0.1, 0.15) is 6.61 Å². The monoisotopic (exact) mass is 330 g/mol. The molecule has 0 amide bonds. The normalized spacial score (nSPS) is 18.3. The number of carboxylic acid groups (broad SMARTS) is 1. The first kappa shape index (κ1) is 14.1. The van der Waals surface area contributed by atoms with Gasteiger partial charge in [-0.25, -0.2) is 4.79 Å². The Morgan fingerprint density at radius 1 is 1.58 bits per heavy atom. The van der Waals surface area contributed by atoms with Crippen LogP contribution in [0, 0.1) is 0 Å². The first-order valence-corrected chi connectivity index (χ1v) is 6.76. The number of halogens is 1. The molecule has 1 fully saturated rings.